The maximum Gasteiger partial charge on any atom is 0.332 e. The van der Waals surface area contributed by atoms with Gasteiger partial charge < -0.3 is 0 Å². The number of hydrogen-bond acceptors (Lipinski definition) is 4. The number of imidazole rings is 1. The Hall–Kier alpha value is -2.45. The van der Waals surface area contributed by atoms with Crippen molar-refractivity contribution in [1.29, 1.82) is 0 Å². The van der Waals surface area contributed by atoms with Crippen molar-refractivity contribution >= 4 is 49.6 Å². The molecule has 9 heteroatoms. The fraction of sp³-hybridized carbons (Fsp3) is 0.222. The third kappa shape index (κ3) is 2.62. The van der Waals surface area contributed by atoms with E-state index in [1.807, 2.05) is 31.2 Å². The van der Waals surface area contributed by atoms with Crippen LogP contribution in [0.15, 0.2) is 38.6 Å². The summed E-state index contributed by atoms with van der Waals surface area (Å²) in [5.74, 6) is 0. The summed E-state index contributed by atoms with van der Waals surface area (Å²) < 4.78 is 4.59. The van der Waals surface area contributed by atoms with Gasteiger partial charge in [0.2, 0.25) is 0 Å². The number of pyridine rings is 1. The molecule has 0 amide bonds. The van der Waals surface area contributed by atoms with Crippen molar-refractivity contribution in [3.8, 4) is 0 Å². The Morgan fingerprint density at radius 1 is 1.11 bits per heavy atom. The molecule has 0 saturated carbocycles. The number of nitrogens with zero attached hydrogens (tertiary/aromatic N) is 5. The average Bonchev–Trinajstić information content (AvgIpc) is 2.99. The molecular formula is C18H15BrClN5O2. The van der Waals surface area contributed by atoms with Crippen molar-refractivity contribution in [1.82, 2.24) is 23.7 Å². The zero-order chi connectivity index (χ0) is 19.5. The maximum atomic E-state index is 12.4. The molecule has 27 heavy (non-hydrogen) atoms. The molecule has 0 bridgehead atoms. The second-order valence-corrected chi connectivity index (χ2v) is 7.45. The molecule has 138 valence electrons. The number of aryl methyl sites for hydroxylation is 2. The van der Waals surface area contributed by atoms with E-state index in [4.69, 9.17) is 11.6 Å². The maximum absolute atomic E-state index is 12.4. The Balaban J connectivity index is 1.99. The molecule has 1 aromatic carbocycles. The van der Waals surface area contributed by atoms with Crippen LogP contribution >= 0.6 is 27.5 Å². The minimum atomic E-state index is -0.443. The number of hydrogen-bond donors (Lipinski definition) is 0. The van der Waals surface area contributed by atoms with Crippen LogP contribution < -0.4 is 11.2 Å². The molecule has 4 rings (SSSR count). The molecule has 3 heterocycles. The molecule has 7 nitrogen and oxygen atoms in total. The van der Waals surface area contributed by atoms with E-state index in [9.17, 15) is 9.59 Å². The van der Waals surface area contributed by atoms with Gasteiger partial charge in [0.15, 0.2) is 15.9 Å². The van der Waals surface area contributed by atoms with Crippen LogP contribution in [0.3, 0.4) is 0 Å². The molecule has 0 spiro atoms. The summed E-state index contributed by atoms with van der Waals surface area (Å²) in [5.41, 5.74) is 2.17. The topological polar surface area (TPSA) is 74.7 Å². The third-order valence-electron chi connectivity index (χ3n) is 4.75. The van der Waals surface area contributed by atoms with Gasteiger partial charge in [-0.25, -0.2) is 14.8 Å². The summed E-state index contributed by atoms with van der Waals surface area (Å²) in [6.07, 6.45) is 0. The van der Waals surface area contributed by atoms with Crippen LogP contribution in [0.2, 0.25) is 5.02 Å². The van der Waals surface area contributed by atoms with Gasteiger partial charge in [-0.05, 0) is 34.5 Å². The molecular weight excluding hydrogens is 434 g/mol. The highest BCUT2D eigenvalue weighted by molar-refractivity contribution is 9.10. The summed E-state index contributed by atoms with van der Waals surface area (Å²) in [6, 6.07) is 7.76. The Labute approximate surface area is 167 Å². The van der Waals surface area contributed by atoms with Crippen LogP contribution in [-0.4, -0.2) is 23.7 Å². The highest BCUT2D eigenvalue weighted by atomic mass is 79.9. The predicted molar refractivity (Wildman–Crippen MR) is 109 cm³/mol. The first-order valence-corrected chi connectivity index (χ1v) is 9.33. The molecule has 0 aliphatic rings. The van der Waals surface area contributed by atoms with Crippen LogP contribution in [-0.2, 0) is 20.6 Å². The molecule has 0 unspecified atom stereocenters. The molecule has 0 aliphatic heterocycles. The van der Waals surface area contributed by atoms with Crippen molar-refractivity contribution in [2.24, 2.45) is 14.1 Å². The van der Waals surface area contributed by atoms with Crippen LogP contribution in [0.5, 0.6) is 0 Å². The zero-order valence-corrected chi connectivity index (χ0v) is 17.2. The molecule has 0 fully saturated rings. The predicted octanol–water partition coefficient (Wildman–Crippen LogP) is 2.75. The van der Waals surface area contributed by atoms with Crippen molar-refractivity contribution < 1.29 is 0 Å². The normalized spacial score (nSPS) is 11.6. The van der Waals surface area contributed by atoms with Crippen LogP contribution in [0.4, 0.5) is 0 Å². The van der Waals surface area contributed by atoms with Gasteiger partial charge in [0.1, 0.15) is 0 Å². The van der Waals surface area contributed by atoms with Gasteiger partial charge in [-0.1, -0.05) is 29.8 Å². The second-order valence-electron chi connectivity index (χ2n) is 6.36. The summed E-state index contributed by atoms with van der Waals surface area (Å²) in [7, 11) is 3.04. The molecule has 0 aliphatic carbocycles. The van der Waals surface area contributed by atoms with E-state index in [0.29, 0.717) is 21.1 Å². The van der Waals surface area contributed by atoms with E-state index in [1.54, 1.807) is 11.6 Å². The molecule has 4 aromatic rings. The lowest BCUT2D eigenvalue weighted by Gasteiger charge is -2.13. The fourth-order valence-corrected chi connectivity index (χ4v) is 3.95. The van der Waals surface area contributed by atoms with Crippen molar-refractivity contribution in [3.05, 3.63) is 66.1 Å². The Morgan fingerprint density at radius 3 is 2.56 bits per heavy atom. The number of benzene rings is 1. The highest BCUT2D eigenvalue weighted by Crippen LogP contribution is 2.28. The monoisotopic (exact) mass is 447 g/mol. The summed E-state index contributed by atoms with van der Waals surface area (Å²) in [5, 5.41) is 1.54. The zero-order valence-electron chi connectivity index (χ0n) is 14.8. The molecule has 0 saturated heterocycles. The largest absolute Gasteiger partial charge is 0.332 e. The van der Waals surface area contributed by atoms with E-state index in [1.165, 1.54) is 11.6 Å². The smallest absolute Gasteiger partial charge is 0.298 e. The van der Waals surface area contributed by atoms with Crippen LogP contribution in [0.1, 0.15) is 11.3 Å². The lowest BCUT2D eigenvalue weighted by Crippen LogP contribution is -2.37. The second kappa shape index (κ2) is 6.31. The Morgan fingerprint density at radius 2 is 1.81 bits per heavy atom. The van der Waals surface area contributed by atoms with E-state index < -0.39 is 11.2 Å². The SMILES string of the molecule is Cc1c(Cl)c(Cn2c(Br)nc3c(=O)n(C)c(=O)n(C)c32)nc2ccccc12. The van der Waals surface area contributed by atoms with Gasteiger partial charge in [0, 0.05) is 19.5 Å². The van der Waals surface area contributed by atoms with Gasteiger partial charge in [-0.3, -0.25) is 18.5 Å². The number of halogens is 2. The first-order chi connectivity index (χ1) is 12.8. The van der Waals surface area contributed by atoms with Crippen molar-refractivity contribution in [2.75, 3.05) is 0 Å². The number of para-hydroxylation sites is 1. The average molecular weight is 449 g/mol. The number of fused-ring (bicyclic) bond motifs is 2. The standard InChI is InChI=1S/C18H15BrClN5O2/c1-9-10-6-4-5-7-11(10)21-12(13(9)20)8-25-15-14(22-17(25)19)16(26)24(3)18(27)23(15)2/h4-7H,8H2,1-3H3. The van der Waals surface area contributed by atoms with Gasteiger partial charge in [0.25, 0.3) is 5.56 Å². The van der Waals surface area contributed by atoms with Gasteiger partial charge in [-0.15, -0.1) is 0 Å². The summed E-state index contributed by atoms with van der Waals surface area (Å²) in [6.45, 7) is 2.21. The van der Waals surface area contributed by atoms with Crippen molar-refractivity contribution in [2.45, 2.75) is 13.5 Å². The summed E-state index contributed by atoms with van der Waals surface area (Å²) >= 11 is 9.97. The summed E-state index contributed by atoms with van der Waals surface area (Å²) in [4.78, 5) is 33.7. The molecule has 0 radical (unpaired) electrons. The first kappa shape index (κ1) is 17.9. The van der Waals surface area contributed by atoms with E-state index >= 15 is 0 Å². The van der Waals surface area contributed by atoms with Gasteiger partial charge in [-0.2, -0.15) is 0 Å². The van der Waals surface area contributed by atoms with Gasteiger partial charge in [0.05, 0.1) is 22.8 Å². The van der Waals surface area contributed by atoms with E-state index in [2.05, 4.69) is 25.9 Å². The fourth-order valence-electron chi connectivity index (χ4n) is 3.27. The van der Waals surface area contributed by atoms with E-state index in [-0.39, 0.29) is 12.1 Å². The van der Waals surface area contributed by atoms with Crippen LogP contribution in [0, 0.1) is 6.92 Å². The molecule has 0 atom stereocenters. The molecule has 3 aromatic heterocycles. The third-order valence-corrected chi connectivity index (χ3v) is 5.85. The van der Waals surface area contributed by atoms with E-state index in [0.717, 1.165) is 21.0 Å². The first-order valence-electron chi connectivity index (χ1n) is 8.16. The lowest BCUT2D eigenvalue weighted by molar-refractivity contribution is 0.681. The Kier molecular flexibility index (Phi) is 4.20. The number of rotatable bonds is 2. The minimum absolute atomic E-state index is 0.208. The van der Waals surface area contributed by atoms with Crippen LogP contribution in [0.25, 0.3) is 22.1 Å². The molecule has 0 N–H and O–H groups in total. The number of aromatic nitrogens is 5. The van der Waals surface area contributed by atoms with Gasteiger partial charge >= 0.3 is 5.69 Å². The highest BCUT2D eigenvalue weighted by Gasteiger charge is 2.20. The van der Waals surface area contributed by atoms with Crippen molar-refractivity contribution in [3.63, 3.8) is 0 Å². The Bertz CT molecular complexity index is 1350. The quantitative estimate of drug-likeness (QED) is 0.442. The lowest BCUT2D eigenvalue weighted by atomic mass is 10.1. The minimum Gasteiger partial charge on any atom is -0.298 e.